The topological polar surface area (TPSA) is 62.9 Å². The van der Waals surface area contributed by atoms with Crippen molar-refractivity contribution in [3.05, 3.63) is 24.2 Å². The van der Waals surface area contributed by atoms with Gasteiger partial charge in [0.25, 0.3) is 0 Å². The second-order valence-electron chi connectivity index (χ2n) is 5.62. The van der Waals surface area contributed by atoms with Crippen molar-refractivity contribution in [2.45, 2.75) is 38.4 Å². The van der Waals surface area contributed by atoms with E-state index in [-0.39, 0.29) is 12.0 Å². The van der Waals surface area contributed by atoms with E-state index in [2.05, 4.69) is 0 Å². The third kappa shape index (κ3) is 2.85. The van der Waals surface area contributed by atoms with Gasteiger partial charge in [0.15, 0.2) is 0 Å². The summed E-state index contributed by atoms with van der Waals surface area (Å²) in [5.41, 5.74) is 0.393. The predicted octanol–water partition coefficient (Wildman–Crippen LogP) is 1.97. The Kier molecular flexibility index (Phi) is 3.34. The van der Waals surface area contributed by atoms with E-state index in [9.17, 15) is 9.90 Å². The zero-order chi connectivity index (χ0) is 13.3. The van der Waals surface area contributed by atoms with Crippen LogP contribution in [0.25, 0.3) is 0 Å². The number of rotatable bonds is 1. The van der Waals surface area contributed by atoms with Crippen molar-refractivity contribution in [3.8, 4) is 0 Å². The summed E-state index contributed by atoms with van der Waals surface area (Å²) in [6.07, 6.45) is 2.22. The Morgan fingerprint density at radius 1 is 1.50 bits per heavy atom. The lowest BCUT2D eigenvalue weighted by atomic mass is 9.99. The van der Waals surface area contributed by atoms with Gasteiger partial charge in [0, 0.05) is 12.5 Å². The molecule has 18 heavy (non-hydrogen) atoms. The number of ether oxygens (including phenoxy) is 1. The highest BCUT2D eigenvalue weighted by Crippen LogP contribution is 2.28. The molecule has 0 unspecified atom stereocenters. The molecule has 0 aliphatic carbocycles. The molecule has 1 fully saturated rings. The first-order chi connectivity index (χ1) is 8.37. The van der Waals surface area contributed by atoms with E-state index in [0.29, 0.717) is 13.1 Å². The van der Waals surface area contributed by atoms with Crippen molar-refractivity contribution in [1.29, 1.82) is 0 Å². The summed E-state index contributed by atoms with van der Waals surface area (Å²) in [5, 5.41) is 9.99. The smallest absolute Gasteiger partial charge is 0.410 e. The van der Waals surface area contributed by atoms with Crippen LogP contribution in [0.1, 0.15) is 32.3 Å². The van der Waals surface area contributed by atoms with Gasteiger partial charge in [-0.1, -0.05) is 0 Å². The van der Waals surface area contributed by atoms with E-state index >= 15 is 0 Å². The van der Waals surface area contributed by atoms with E-state index in [1.54, 1.807) is 12.5 Å². The minimum atomic E-state index is -0.574. The van der Waals surface area contributed by atoms with Gasteiger partial charge >= 0.3 is 6.09 Å². The third-order valence-corrected chi connectivity index (χ3v) is 2.91. The van der Waals surface area contributed by atoms with Crippen LogP contribution in [-0.4, -0.2) is 40.9 Å². The summed E-state index contributed by atoms with van der Waals surface area (Å²) in [5.74, 6) is -0.101. The van der Waals surface area contributed by atoms with Gasteiger partial charge < -0.3 is 19.2 Å². The van der Waals surface area contributed by atoms with Gasteiger partial charge in [0.1, 0.15) is 5.60 Å². The Morgan fingerprint density at radius 3 is 2.78 bits per heavy atom. The number of furan rings is 1. The van der Waals surface area contributed by atoms with Crippen LogP contribution in [0.2, 0.25) is 0 Å². The van der Waals surface area contributed by atoms with Gasteiger partial charge in [-0.15, -0.1) is 0 Å². The van der Waals surface area contributed by atoms with Crippen LogP contribution in [-0.2, 0) is 4.74 Å². The maximum atomic E-state index is 11.9. The normalized spacial score (nSPS) is 24.3. The Labute approximate surface area is 106 Å². The van der Waals surface area contributed by atoms with Gasteiger partial charge in [-0.25, -0.2) is 4.79 Å². The van der Waals surface area contributed by atoms with Crippen LogP contribution in [0.5, 0.6) is 0 Å². The van der Waals surface area contributed by atoms with Crippen LogP contribution >= 0.6 is 0 Å². The van der Waals surface area contributed by atoms with Crippen LogP contribution < -0.4 is 0 Å². The number of hydrogen-bond donors (Lipinski definition) is 1. The SMILES string of the molecule is CC(C)(C)OC(=O)N1C[C@H](c2ccoc2)[C@@H](O)C1. The molecule has 0 bridgehead atoms. The summed E-state index contributed by atoms with van der Waals surface area (Å²) in [4.78, 5) is 13.4. The van der Waals surface area contributed by atoms with Crippen LogP contribution in [0.3, 0.4) is 0 Å². The highest BCUT2D eigenvalue weighted by Gasteiger charge is 2.37. The van der Waals surface area contributed by atoms with Crippen LogP contribution in [0.4, 0.5) is 4.79 Å². The summed E-state index contributed by atoms with van der Waals surface area (Å²) >= 11 is 0. The average molecular weight is 253 g/mol. The molecule has 0 spiro atoms. The molecule has 1 saturated heterocycles. The van der Waals surface area contributed by atoms with Gasteiger partial charge in [-0.3, -0.25) is 0 Å². The zero-order valence-corrected chi connectivity index (χ0v) is 10.9. The van der Waals surface area contributed by atoms with Gasteiger partial charge in [-0.2, -0.15) is 0 Å². The van der Waals surface area contributed by atoms with Gasteiger partial charge in [0.2, 0.25) is 0 Å². The molecule has 1 aromatic heterocycles. The second kappa shape index (κ2) is 4.65. The van der Waals surface area contributed by atoms with E-state index in [1.807, 2.05) is 26.8 Å². The zero-order valence-electron chi connectivity index (χ0n) is 10.9. The first kappa shape index (κ1) is 13.0. The van der Waals surface area contributed by atoms with E-state index in [4.69, 9.17) is 9.15 Å². The standard InChI is InChI=1S/C13H19NO4/c1-13(2,3)18-12(16)14-6-10(11(15)7-14)9-4-5-17-8-9/h4-5,8,10-11,15H,6-7H2,1-3H3/t10-,11+/m1/s1. The van der Waals surface area contributed by atoms with Gasteiger partial charge in [0.05, 0.1) is 25.2 Å². The highest BCUT2D eigenvalue weighted by molar-refractivity contribution is 5.68. The summed E-state index contributed by atoms with van der Waals surface area (Å²) in [6, 6.07) is 1.81. The number of aliphatic hydroxyl groups excluding tert-OH is 1. The van der Waals surface area contributed by atoms with Crippen molar-refractivity contribution < 1.29 is 19.1 Å². The van der Waals surface area contributed by atoms with Crippen LogP contribution in [0.15, 0.2) is 23.0 Å². The van der Waals surface area contributed by atoms with Crippen molar-refractivity contribution in [3.63, 3.8) is 0 Å². The number of amides is 1. The summed E-state index contributed by atoms with van der Waals surface area (Å²) in [6.45, 7) is 6.22. The number of hydrogen-bond acceptors (Lipinski definition) is 4. The molecule has 2 rings (SSSR count). The number of β-amino-alcohol motifs (C(OH)–C–C–N with tert-alkyl or cyclic N) is 1. The minimum absolute atomic E-state index is 0.101. The fourth-order valence-electron chi connectivity index (χ4n) is 2.08. The lowest BCUT2D eigenvalue weighted by Crippen LogP contribution is -2.35. The molecule has 2 atom stereocenters. The Morgan fingerprint density at radius 2 is 2.22 bits per heavy atom. The Bertz CT molecular complexity index is 407. The molecule has 2 heterocycles. The Balaban J connectivity index is 2.00. The molecule has 1 aromatic rings. The molecule has 5 nitrogen and oxygen atoms in total. The molecule has 100 valence electrons. The highest BCUT2D eigenvalue weighted by atomic mass is 16.6. The molecule has 1 aliphatic heterocycles. The molecule has 5 heteroatoms. The molecule has 0 saturated carbocycles. The van der Waals surface area contributed by atoms with E-state index < -0.39 is 11.7 Å². The van der Waals surface area contributed by atoms with Crippen molar-refractivity contribution in [2.24, 2.45) is 0 Å². The first-order valence-electron chi connectivity index (χ1n) is 6.05. The third-order valence-electron chi connectivity index (χ3n) is 2.91. The molecule has 1 aliphatic rings. The molecule has 0 radical (unpaired) electrons. The predicted molar refractivity (Wildman–Crippen MR) is 65.3 cm³/mol. The molecule has 1 N–H and O–H groups in total. The lowest BCUT2D eigenvalue weighted by molar-refractivity contribution is 0.0270. The summed E-state index contributed by atoms with van der Waals surface area (Å²) < 4.78 is 10.3. The maximum Gasteiger partial charge on any atom is 0.410 e. The number of carbonyl (C=O) groups excluding carboxylic acids is 1. The quantitative estimate of drug-likeness (QED) is 0.831. The van der Waals surface area contributed by atoms with Crippen LogP contribution in [0, 0.1) is 0 Å². The summed E-state index contributed by atoms with van der Waals surface area (Å²) in [7, 11) is 0. The first-order valence-corrected chi connectivity index (χ1v) is 6.05. The van der Waals surface area contributed by atoms with Crippen molar-refractivity contribution in [2.75, 3.05) is 13.1 Å². The maximum absolute atomic E-state index is 11.9. The minimum Gasteiger partial charge on any atom is -0.472 e. The average Bonchev–Trinajstić information content (AvgIpc) is 2.82. The number of nitrogens with zero attached hydrogens (tertiary/aromatic N) is 1. The van der Waals surface area contributed by atoms with E-state index in [1.165, 1.54) is 4.90 Å². The number of likely N-dealkylation sites (tertiary alicyclic amines) is 1. The fraction of sp³-hybridized carbons (Fsp3) is 0.615. The lowest BCUT2D eigenvalue weighted by Gasteiger charge is -2.24. The van der Waals surface area contributed by atoms with E-state index in [0.717, 1.165) is 5.56 Å². The molecule has 0 aromatic carbocycles. The monoisotopic (exact) mass is 253 g/mol. The fourth-order valence-corrected chi connectivity index (χ4v) is 2.08. The number of aliphatic hydroxyl groups is 1. The Hall–Kier alpha value is -1.49. The number of carbonyl (C=O) groups is 1. The van der Waals surface area contributed by atoms with Crippen molar-refractivity contribution >= 4 is 6.09 Å². The molecular formula is C13H19NO4. The molecular weight excluding hydrogens is 234 g/mol. The van der Waals surface area contributed by atoms with Crippen molar-refractivity contribution in [1.82, 2.24) is 4.90 Å². The molecule has 1 amide bonds. The second-order valence-corrected chi connectivity index (χ2v) is 5.62. The largest absolute Gasteiger partial charge is 0.472 e. The van der Waals surface area contributed by atoms with Gasteiger partial charge in [-0.05, 0) is 32.4 Å².